The number of ether oxygens (including phenoxy) is 1. The van der Waals surface area contributed by atoms with Gasteiger partial charge in [0.25, 0.3) is 0 Å². The highest BCUT2D eigenvalue weighted by atomic mass is 16.5. The van der Waals surface area contributed by atoms with E-state index in [1.807, 2.05) is 86.7 Å². The fourth-order valence-electron chi connectivity index (χ4n) is 4.99. The largest absolute Gasteiger partial charge is 0.461 e. The molecule has 0 aromatic heterocycles. The third-order valence-corrected chi connectivity index (χ3v) is 6.96. The molecule has 3 N–H and O–H groups in total. The molecule has 0 saturated heterocycles. The third kappa shape index (κ3) is 9.14. The van der Waals surface area contributed by atoms with Gasteiger partial charge >= 0.3 is 5.97 Å². The molecular formula is C31H40N2O5. The van der Waals surface area contributed by atoms with E-state index in [1.54, 1.807) is 5.48 Å². The molecule has 1 saturated carbocycles. The first-order chi connectivity index (χ1) is 18.4. The monoisotopic (exact) mass is 520 g/mol. The van der Waals surface area contributed by atoms with Gasteiger partial charge in [0, 0.05) is 6.42 Å². The molecule has 0 spiro atoms. The fraction of sp³-hybridized carbons (Fsp3) is 0.452. The van der Waals surface area contributed by atoms with Crippen molar-refractivity contribution in [3.63, 3.8) is 0 Å². The molecule has 0 radical (unpaired) electrons. The first-order valence-electron chi connectivity index (χ1n) is 13.6. The summed E-state index contributed by atoms with van der Waals surface area (Å²) < 4.78 is 5.77. The van der Waals surface area contributed by atoms with E-state index < -0.39 is 35.7 Å². The van der Waals surface area contributed by atoms with Gasteiger partial charge in [-0.3, -0.25) is 14.8 Å². The minimum absolute atomic E-state index is 0.107. The van der Waals surface area contributed by atoms with Crippen LogP contribution in [-0.2, 0) is 25.5 Å². The van der Waals surface area contributed by atoms with E-state index in [0.29, 0.717) is 6.42 Å². The Morgan fingerprint density at radius 3 is 2.18 bits per heavy atom. The fourth-order valence-corrected chi connectivity index (χ4v) is 4.99. The molecule has 3 unspecified atom stereocenters. The number of hydrogen-bond acceptors (Lipinski definition) is 5. The number of carbonyl (C=O) groups excluding carboxylic acids is 3. The molecule has 2 aromatic carbocycles. The Bertz CT molecular complexity index is 1050. The minimum Gasteiger partial charge on any atom is -0.461 e. The first kappa shape index (κ1) is 29.1. The number of allylic oxidation sites excluding steroid dienone is 1. The summed E-state index contributed by atoms with van der Waals surface area (Å²) in [5, 5.41) is 12.4. The maximum Gasteiger partial charge on any atom is 0.329 e. The van der Waals surface area contributed by atoms with Crippen LogP contribution in [0.15, 0.2) is 66.7 Å². The topological polar surface area (TPSA) is 105 Å². The van der Waals surface area contributed by atoms with Crippen LogP contribution < -0.4 is 10.8 Å². The quantitative estimate of drug-likeness (QED) is 0.194. The van der Waals surface area contributed by atoms with Gasteiger partial charge in [-0.05, 0) is 55.6 Å². The molecule has 38 heavy (non-hydrogen) atoms. The third-order valence-electron chi connectivity index (χ3n) is 6.96. The Balaban J connectivity index is 1.81. The van der Waals surface area contributed by atoms with Gasteiger partial charge < -0.3 is 10.1 Å². The SMILES string of the molecule is CC(C)CC(C(=O)NC(Cc1ccccc1)C(=O)OC1CCCC1)C(CC=Cc1ccccc1)C(=O)NO. The number of hydrogen-bond donors (Lipinski definition) is 3. The number of rotatable bonds is 13. The van der Waals surface area contributed by atoms with E-state index in [1.165, 1.54) is 0 Å². The highest BCUT2D eigenvalue weighted by molar-refractivity contribution is 5.90. The van der Waals surface area contributed by atoms with Crippen molar-refractivity contribution >= 4 is 23.9 Å². The lowest BCUT2D eigenvalue weighted by Gasteiger charge is -2.28. The number of benzene rings is 2. The Morgan fingerprint density at radius 2 is 1.58 bits per heavy atom. The highest BCUT2D eigenvalue weighted by Crippen LogP contribution is 2.26. The van der Waals surface area contributed by atoms with Gasteiger partial charge in [0.05, 0.1) is 11.8 Å². The zero-order chi connectivity index (χ0) is 27.3. The summed E-state index contributed by atoms with van der Waals surface area (Å²) in [6, 6.07) is 18.3. The number of hydroxylamine groups is 1. The van der Waals surface area contributed by atoms with Gasteiger partial charge in [-0.2, -0.15) is 0 Å². The molecule has 3 rings (SSSR count). The van der Waals surface area contributed by atoms with Crippen molar-refractivity contribution in [2.45, 2.75) is 70.9 Å². The average molecular weight is 521 g/mol. The molecule has 1 fully saturated rings. The molecule has 0 heterocycles. The van der Waals surface area contributed by atoms with Gasteiger partial charge in [0.2, 0.25) is 11.8 Å². The van der Waals surface area contributed by atoms with E-state index in [0.717, 1.165) is 36.8 Å². The predicted octanol–water partition coefficient (Wildman–Crippen LogP) is 5.09. The van der Waals surface area contributed by atoms with Gasteiger partial charge in [0.1, 0.15) is 12.1 Å². The summed E-state index contributed by atoms with van der Waals surface area (Å²) in [5.74, 6) is -2.94. The molecule has 2 aromatic rings. The smallest absolute Gasteiger partial charge is 0.329 e. The molecule has 204 valence electrons. The van der Waals surface area contributed by atoms with E-state index in [9.17, 15) is 19.6 Å². The predicted molar refractivity (Wildman–Crippen MR) is 147 cm³/mol. The van der Waals surface area contributed by atoms with E-state index in [2.05, 4.69) is 5.32 Å². The summed E-state index contributed by atoms with van der Waals surface area (Å²) in [6.07, 6.45) is 8.28. The molecule has 3 atom stereocenters. The first-order valence-corrected chi connectivity index (χ1v) is 13.6. The van der Waals surface area contributed by atoms with Crippen LogP contribution in [0.5, 0.6) is 0 Å². The Hall–Kier alpha value is -3.45. The Morgan fingerprint density at radius 1 is 0.947 bits per heavy atom. The van der Waals surface area contributed by atoms with Crippen molar-refractivity contribution in [3.05, 3.63) is 77.9 Å². The van der Waals surface area contributed by atoms with Crippen LogP contribution in [0.1, 0.15) is 63.5 Å². The van der Waals surface area contributed by atoms with Crippen molar-refractivity contribution < 1.29 is 24.3 Å². The number of esters is 1. The summed E-state index contributed by atoms with van der Waals surface area (Å²) in [5.41, 5.74) is 3.61. The zero-order valence-corrected chi connectivity index (χ0v) is 22.3. The number of nitrogens with one attached hydrogen (secondary N) is 2. The average Bonchev–Trinajstić information content (AvgIpc) is 3.43. The Kier molecular flexibility index (Phi) is 11.6. The molecule has 1 aliphatic carbocycles. The van der Waals surface area contributed by atoms with E-state index >= 15 is 0 Å². The number of amides is 2. The highest BCUT2D eigenvalue weighted by Gasteiger charge is 2.36. The number of carbonyl (C=O) groups is 3. The lowest BCUT2D eigenvalue weighted by atomic mass is 9.81. The van der Waals surface area contributed by atoms with Gasteiger partial charge in [0.15, 0.2) is 0 Å². The van der Waals surface area contributed by atoms with Crippen LogP contribution >= 0.6 is 0 Å². The molecule has 0 bridgehead atoms. The molecule has 7 nitrogen and oxygen atoms in total. The van der Waals surface area contributed by atoms with Crippen LogP contribution in [0.25, 0.3) is 6.08 Å². The van der Waals surface area contributed by atoms with Crippen LogP contribution in [0, 0.1) is 17.8 Å². The van der Waals surface area contributed by atoms with Crippen LogP contribution in [-0.4, -0.2) is 35.1 Å². The normalized spacial score (nSPS) is 16.2. The minimum atomic E-state index is -0.877. The van der Waals surface area contributed by atoms with Crippen LogP contribution in [0.3, 0.4) is 0 Å². The standard InChI is InChI=1S/C31H40N2O5/c1-22(2)20-27(26(30(35)33-37)19-11-16-23-12-5-3-6-13-23)29(34)32-28(21-24-14-7-4-8-15-24)31(36)38-25-17-9-10-18-25/h3-8,11-16,22,25-28,37H,9-10,17-21H2,1-2H3,(H,32,34)(H,33,35). The zero-order valence-electron chi connectivity index (χ0n) is 22.3. The van der Waals surface area contributed by atoms with Crippen molar-refractivity contribution in [2.75, 3.05) is 0 Å². The summed E-state index contributed by atoms with van der Waals surface area (Å²) in [6.45, 7) is 3.95. The molecule has 0 aliphatic heterocycles. The summed E-state index contributed by atoms with van der Waals surface area (Å²) in [4.78, 5) is 39.7. The van der Waals surface area contributed by atoms with Gasteiger partial charge in [-0.15, -0.1) is 0 Å². The second-order valence-electron chi connectivity index (χ2n) is 10.5. The van der Waals surface area contributed by atoms with Crippen LogP contribution in [0.4, 0.5) is 0 Å². The van der Waals surface area contributed by atoms with E-state index in [4.69, 9.17) is 4.74 Å². The van der Waals surface area contributed by atoms with Gasteiger partial charge in [-0.1, -0.05) is 86.7 Å². The van der Waals surface area contributed by atoms with Crippen LogP contribution in [0.2, 0.25) is 0 Å². The second kappa shape index (κ2) is 15.1. The van der Waals surface area contributed by atoms with Gasteiger partial charge in [-0.25, -0.2) is 10.3 Å². The summed E-state index contributed by atoms with van der Waals surface area (Å²) >= 11 is 0. The molecular weight excluding hydrogens is 480 g/mol. The molecule has 1 aliphatic rings. The van der Waals surface area contributed by atoms with E-state index in [-0.39, 0.29) is 24.9 Å². The lowest BCUT2D eigenvalue weighted by molar-refractivity contribution is -0.153. The molecule has 7 heteroatoms. The van der Waals surface area contributed by atoms with Crippen molar-refractivity contribution in [2.24, 2.45) is 17.8 Å². The summed E-state index contributed by atoms with van der Waals surface area (Å²) in [7, 11) is 0. The lowest BCUT2D eigenvalue weighted by Crippen LogP contribution is -2.49. The second-order valence-corrected chi connectivity index (χ2v) is 10.5. The maximum atomic E-state index is 13.7. The van der Waals surface area contributed by atoms with Crippen molar-refractivity contribution in [3.8, 4) is 0 Å². The van der Waals surface area contributed by atoms with Crippen molar-refractivity contribution in [1.29, 1.82) is 0 Å². The molecule has 2 amide bonds. The van der Waals surface area contributed by atoms with Crippen molar-refractivity contribution in [1.82, 2.24) is 10.8 Å². The maximum absolute atomic E-state index is 13.7. The Labute approximate surface area is 225 Å².